The minimum atomic E-state index is -0.404. The molecule has 0 radical (unpaired) electrons. The van der Waals surface area contributed by atoms with E-state index in [9.17, 15) is 4.39 Å². The average Bonchev–Trinajstić information content (AvgIpc) is 2.80. The standard InChI is InChI=1S/C17H18FN3/c1-3-9-21-15-8-7-11(2)10-14(15)20-17(21)12-5-4-6-13(18)16(12)19/h4-8,10H,3,9,19H2,1-2H3. The van der Waals surface area contributed by atoms with Gasteiger partial charge in [-0.3, -0.25) is 0 Å². The van der Waals surface area contributed by atoms with Gasteiger partial charge in [0.15, 0.2) is 0 Å². The summed E-state index contributed by atoms with van der Waals surface area (Å²) in [5, 5.41) is 0. The highest BCUT2D eigenvalue weighted by Gasteiger charge is 2.16. The van der Waals surface area contributed by atoms with Crippen molar-refractivity contribution in [3.8, 4) is 11.4 Å². The van der Waals surface area contributed by atoms with Crippen molar-refractivity contribution in [3.05, 3.63) is 47.8 Å². The maximum atomic E-state index is 13.7. The van der Waals surface area contributed by atoms with Crippen molar-refractivity contribution in [1.82, 2.24) is 9.55 Å². The van der Waals surface area contributed by atoms with Crippen LogP contribution in [0.25, 0.3) is 22.4 Å². The summed E-state index contributed by atoms with van der Waals surface area (Å²) in [5.41, 5.74) is 9.84. The van der Waals surface area contributed by atoms with Crippen LogP contribution in [0.1, 0.15) is 18.9 Å². The van der Waals surface area contributed by atoms with Gasteiger partial charge in [0.05, 0.1) is 16.7 Å². The average molecular weight is 283 g/mol. The van der Waals surface area contributed by atoms with Gasteiger partial charge in [-0.05, 0) is 43.2 Å². The lowest BCUT2D eigenvalue weighted by atomic mass is 10.1. The van der Waals surface area contributed by atoms with E-state index in [1.807, 2.05) is 19.1 Å². The largest absolute Gasteiger partial charge is 0.396 e. The van der Waals surface area contributed by atoms with Crippen LogP contribution >= 0.6 is 0 Å². The van der Waals surface area contributed by atoms with Crippen molar-refractivity contribution in [1.29, 1.82) is 0 Å². The van der Waals surface area contributed by atoms with Crippen LogP contribution in [0.2, 0.25) is 0 Å². The monoisotopic (exact) mass is 283 g/mol. The number of rotatable bonds is 3. The fraction of sp³-hybridized carbons (Fsp3) is 0.235. The van der Waals surface area contributed by atoms with E-state index in [4.69, 9.17) is 5.73 Å². The number of imidazole rings is 1. The fourth-order valence-corrected chi connectivity index (χ4v) is 2.63. The Kier molecular flexibility index (Phi) is 3.37. The zero-order valence-electron chi connectivity index (χ0n) is 12.2. The minimum absolute atomic E-state index is 0.155. The van der Waals surface area contributed by atoms with E-state index in [0.717, 1.165) is 35.4 Å². The molecule has 0 saturated heterocycles. The molecule has 2 N–H and O–H groups in total. The predicted octanol–water partition coefficient (Wildman–Crippen LogP) is 4.14. The summed E-state index contributed by atoms with van der Waals surface area (Å²) in [6, 6.07) is 11.0. The number of para-hydroxylation sites is 1. The van der Waals surface area contributed by atoms with Gasteiger partial charge in [0.2, 0.25) is 0 Å². The third-order valence-corrected chi connectivity index (χ3v) is 3.64. The first-order valence-electron chi connectivity index (χ1n) is 7.13. The van der Waals surface area contributed by atoms with Crippen LogP contribution in [0.3, 0.4) is 0 Å². The minimum Gasteiger partial charge on any atom is -0.396 e. The molecule has 0 aliphatic carbocycles. The topological polar surface area (TPSA) is 43.8 Å². The first-order valence-corrected chi connectivity index (χ1v) is 7.13. The molecule has 3 rings (SSSR count). The Labute approximate surface area is 123 Å². The third-order valence-electron chi connectivity index (χ3n) is 3.64. The summed E-state index contributed by atoms with van der Waals surface area (Å²) < 4.78 is 15.9. The lowest BCUT2D eigenvalue weighted by Gasteiger charge is -2.10. The van der Waals surface area contributed by atoms with Gasteiger partial charge >= 0.3 is 0 Å². The first-order chi connectivity index (χ1) is 10.1. The Morgan fingerprint density at radius 3 is 2.81 bits per heavy atom. The second-order valence-corrected chi connectivity index (χ2v) is 5.28. The summed E-state index contributed by atoms with van der Waals surface area (Å²) in [6.07, 6.45) is 0.974. The molecule has 108 valence electrons. The molecule has 0 amide bonds. The van der Waals surface area contributed by atoms with Crippen LogP contribution in [-0.4, -0.2) is 9.55 Å². The molecule has 0 fully saturated rings. The second kappa shape index (κ2) is 5.20. The molecule has 21 heavy (non-hydrogen) atoms. The normalized spacial score (nSPS) is 11.2. The SMILES string of the molecule is CCCn1c(-c2cccc(F)c2N)nc2cc(C)ccc21. The van der Waals surface area contributed by atoms with E-state index in [-0.39, 0.29) is 5.69 Å². The molecular formula is C17H18FN3. The molecule has 0 aliphatic heterocycles. The number of halogens is 1. The van der Waals surface area contributed by atoms with Crippen molar-refractivity contribution in [3.63, 3.8) is 0 Å². The van der Waals surface area contributed by atoms with Gasteiger partial charge in [0, 0.05) is 12.1 Å². The highest BCUT2D eigenvalue weighted by atomic mass is 19.1. The Bertz CT molecular complexity index is 805. The van der Waals surface area contributed by atoms with Gasteiger partial charge in [-0.25, -0.2) is 9.37 Å². The number of anilines is 1. The summed E-state index contributed by atoms with van der Waals surface area (Å²) in [6.45, 7) is 4.97. The van der Waals surface area contributed by atoms with E-state index < -0.39 is 5.82 Å². The molecule has 0 unspecified atom stereocenters. The maximum Gasteiger partial charge on any atom is 0.146 e. The summed E-state index contributed by atoms with van der Waals surface area (Å²) in [7, 11) is 0. The number of nitrogens with two attached hydrogens (primary N) is 1. The smallest absolute Gasteiger partial charge is 0.146 e. The van der Waals surface area contributed by atoms with E-state index in [0.29, 0.717) is 5.56 Å². The number of hydrogen-bond donors (Lipinski definition) is 1. The van der Waals surface area contributed by atoms with E-state index in [1.165, 1.54) is 6.07 Å². The molecule has 0 atom stereocenters. The van der Waals surface area contributed by atoms with Gasteiger partial charge < -0.3 is 10.3 Å². The first kappa shape index (κ1) is 13.6. The lowest BCUT2D eigenvalue weighted by molar-refractivity contribution is 0.632. The molecule has 0 bridgehead atoms. The summed E-state index contributed by atoms with van der Waals surface area (Å²) >= 11 is 0. The number of benzene rings is 2. The zero-order chi connectivity index (χ0) is 15.0. The lowest BCUT2D eigenvalue weighted by Crippen LogP contribution is -2.02. The van der Waals surface area contributed by atoms with E-state index in [2.05, 4.69) is 28.6 Å². The third kappa shape index (κ3) is 2.27. The molecule has 0 spiro atoms. The van der Waals surface area contributed by atoms with Gasteiger partial charge in [-0.15, -0.1) is 0 Å². The van der Waals surface area contributed by atoms with Crippen molar-refractivity contribution in [2.45, 2.75) is 26.8 Å². The molecule has 0 aliphatic rings. The number of aryl methyl sites for hydroxylation is 2. The van der Waals surface area contributed by atoms with Crippen molar-refractivity contribution in [2.24, 2.45) is 0 Å². The number of hydrogen-bond acceptors (Lipinski definition) is 2. The molecule has 3 nitrogen and oxygen atoms in total. The maximum absolute atomic E-state index is 13.7. The van der Waals surface area contributed by atoms with Crippen LogP contribution in [0.15, 0.2) is 36.4 Å². The van der Waals surface area contributed by atoms with Crippen LogP contribution in [-0.2, 0) is 6.54 Å². The highest BCUT2D eigenvalue weighted by Crippen LogP contribution is 2.30. The van der Waals surface area contributed by atoms with E-state index >= 15 is 0 Å². The second-order valence-electron chi connectivity index (χ2n) is 5.28. The zero-order valence-corrected chi connectivity index (χ0v) is 12.2. The molecule has 2 aromatic carbocycles. The van der Waals surface area contributed by atoms with Gasteiger partial charge in [-0.2, -0.15) is 0 Å². The predicted molar refractivity (Wildman–Crippen MR) is 84.6 cm³/mol. The Balaban J connectivity index is 2.30. The highest BCUT2D eigenvalue weighted by molar-refractivity contribution is 5.84. The van der Waals surface area contributed by atoms with Crippen LogP contribution in [0, 0.1) is 12.7 Å². The van der Waals surface area contributed by atoms with Crippen LogP contribution in [0.5, 0.6) is 0 Å². The number of nitrogens with zero attached hydrogens (tertiary/aromatic N) is 2. The molecule has 4 heteroatoms. The van der Waals surface area contributed by atoms with E-state index in [1.54, 1.807) is 6.07 Å². The van der Waals surface area contributed by atoms with Crippen molar-refractivity contribution < 1.29 is 4.39 Å². The van der Waals surface area contributed by atoms with Gasteiger partial charge in [0.25, 0.3) is 0 Å². The van der Waals surface area contributed by atoms with Crippen molar-refractivity contribution in [2.75, 3.05) is 5.73 Å². The molecule has 1 aromatic heterocycles. The van der Waals surface area contributed by atoms with Crippen LogP contribution < -0.4 is 5.73 Å². The Morgan fingerprint density at radius 1 is 1.24 bits per heavy atom. The number of aromatic nitrogens is 2. The number of fused-ring (bicyclic) bond motifs is 1. The fourth-order valence-electron chi connectivity index (χ4n) is 2.63. The molecule has 3 aromatic rings. The van der Waals surface area contributed by atoms with Gasteiger partial charge in [0.1, 0.15) is 11.6 Å². The molecular weight excluding hydrogens is 265 g/mol. The molecule has 0 saturated carbocycles. The Morgan fingerprint density at radius 2 is 2.05 bits per heavy atom. The Hall–Kier alpha value is -2.36. The summed E-state index contributed by atoms with van der Waals surface area (Å²) in [5.74, 6) is 0.327. The van der Waals surface area contributed by atoms with Gasteiger partial charge in [-0.1, -0.05) is 19.1 Å². The summed E-state index contributed by atoms with van der Waals surface area (Å²) in [4.78, 5) is 4.68. The molecule has 1 heterocycles. The quantitative estimate of drug-likeness (QED) is 0.734. The number of nitrogen functional groups attached to an aromatic ring is 1. The van der Waals surface area contributed by atoms with Crippen LogP contribution in [0.4, 0.5) is 10.1 Å². The van der Waals surface area contributed by atoms with Crippen molar-refractivity contribution >= 4 is 16.7 Å².